The zero-order valence-corrected chi connectivity index (χ0v) is 13.0. The molecule has 0 spiro atoms. The van der Waals surface area contributed by atoms with Crippen LogP contribution in [-0.4, -0.2) is 25.1 Å². The maximum atomic E-state index is 6.11. The standard InChI is InChI=1S/C17H21ClN2O/c1-20(13-14-6-3-2-4-7-14)10-11-21-17-9-5-8-16(18)15(17)12-19/h2-9H,10-13,19H2,1H3. The van der Waals surface area contributed by atoms with Crippen molar-refractivity contribution in [3.63, 3.8) is 0 Å². The summed E-state index contributed by atoms with van der Waals surface area (Å²) in [6, 6.07) is 16.0. The van der Waals surface area contributed by atoms with Crippen LogP contribution in [0.25, 0.3) is 0 Å². The first kappa shape index (κ1) is 15.8. The van der Waals surface area contributed by atoms with E-state index in [0.717, 1.165) is 24.4 Å². The quantitative estimate of drug-likeness (QED) is 0.853. The van der Waals surface area contributed by atoms with Gasteiger partial charge in [0.25, 0.3) is 0 Å². The lowest BCUT2D eigenvalue weighted by molar-refractivity contribution is 0.231. The molecule has 2 rings (SSSR count). The van der Waals surface area contributed by atoms with Gasteiger partial charge < -0.3 is 10.5 Å². The molecule has 3 nitrogen and oxygen atoms in total. The fourth-order valence-corrected chi connectivity index (χ4v) is 2.40. The van der Waals surface area contributed by atoms with E-state index in [2.05, 4.69) is 36.2 Å². The molecule has 21 heavy (non-hydrogen) atoms. The molecule has 2 aromatic rings. The summed E-state index contributed by atoms with van der Waals surface area (Å²) in [7, 11) is 2.08. The van der Waals surface area contributed by atoms with E-state index < -0.39 is 0 Å². The van der Waals surface area contributed by atoms with Crippen LogP contribution in [0.3, 0.4) is 0 Å². The summed E-state index contributed by atoms with van der Waals surface area (Å²) in [5.41, 5.74) is 7.87. The fourth-order valence-electron chi connectivity index (χ4n) is 2.16. The molecule has 0 saturated heterocycles. The van der Waals surface area contributed by atoms with Crippen LogP contribution in [0.15, 0.2) is 48.5 Å². The van der Waals surface area contributed by atoms with Crippen LogP contribution in [0.1, 0.15) is 11.1 Å². The van der Waals surface area contributed by atoms with Crippen molar-refractivity contribution in [2.75, 3.05) is 20.2 Å². The van der Waals surface area contributed by atoms with Crippen molar-refractivity contribution in [3.05, 3.63) is 64.7 Å². The zero-order valence-electron chi connectivity index (χ0n) is 12.3. The SMILES string of the molecule is CN(CCOc1cccc(Cl)c1CN)Cc1ccccc1. The summed E-state index contributed by atoms with van der Waals surface area (Å²) in [4.78, 5) is 2.22. The van der Waals surface area contributed by atoms with Crippen molar-refractivity contribution in [2.45, 2.75) is 13.1 Å². The van der Waals surface area contributed by atoms with Gasteiger partial charge in [-0.1, -0.05) is 48.0 Å². The monoisotopic (exact) mass is 304 g/mol. The highest BCUT2D eigenvalue weighted by molar-refractivity contribution is 6.31. The van der Waals surface area contributed by atoms with E-state index >= 15 is 0 Å². The van der Waals surface area contributed by atoms with Gasteiger partial charge in [-0.3, -0.25) is 4.90 Å². The number of nitrogens with zero attached hydrogens (tertiary/aromatic N) is 1. The number of halogens is 1. The van der Waals surface area contributed by atoms with E-state index in [1.54, 1.807) is 0 Å². The number of likely N-dealkylation sites (N-methyl/N-ethyl adjacent to an activating group) is 1. The second-order valence-electron chi connectivity index (χ2n) is 4.99. The molecule has 0 radical (unpaired) electrons. The largest absolute Gasteiger partial charge is 0.492 e. The smallest absolute Gasteiger partial charge is 0.125 e. The topological polar surface area (TPSA) is 38.5 Å². The Hall–Kier alpha value is -1.55. The van der Waals surface area contributed by atoms with Crippen LogP contribution >= 0.6 is 11.6 Å². The van der Waals surface area contributed by atoms with E-state index in [9.17, 15) is 0 Å². The Labute approximate surface area is 131 Å². The van der Waals surface area contributed by atoms with Gasteiger partial charge in [-0.05, 0) is 24.7 Å². The normalized spacial score (nSPS) is 10.9. The Bertz CT molecular complexity index is 560. The van der Waals surface area contributed by atoms with E-state index in [0.29, 0.717) is 18.2 Å². The van der Waals surface area contributed by atoms with Crippen LogP contribution in [0.5, 0.6) is 5.75 Å². The van der Waals surface area contributed by atoms with Crippen molar-refractivity contribution in [1.29, 1.82) is 0 Å². The van der Waals surface area contributed by atoms with Crippen LogP contribution in [-0.2, 0) is 13.1 Å². The Balaban J connectivity index is 1.83. The highest BCUT2D eigenvalue weighted by atomic mass is 35.5. The third-order valence-corrected chi connectivity index (χ3v) is 3.66. The van der Waals surface area contributed by atoms with Gasteiger partial charge in [-0.15, -0.1) is 0 Å². The third kappa shape index (κ3) is 4.74. The minimum atomic E-state index is 0.384. The summed E-state index contributed by atoms with van der Waals surface area (Å²) in [5, 5.41) is 0.660. The van der Waals surface area contributed by atoms with Crippen molar-refractivity contribution in [3.8, 4) is 5.75 Å². The molecule has 0 heterocycles. The van der Waals surface area contributed by atoms with Crippen molar-refractivity contribution in [1.82, 2.24) is 4.90 Å². The van der Waals surface area contributed by atoms with Crippen molar-refractivity contribution < 1.29 is 4.74 Å². The number of hydrogen-bond acceptors (Lipinski definition) is 3. The molecule has 2 N–H and O–H groups in total. The first-order valence-electron chi connectivity index (χ1n) is 7.03. The maximum absolute atomic E-state index is 6.11. The van der Waals surface area contributed by atoms with Gasteiger partial charge in [0, 0.05) is 30.2 Å². The Kier molecular flexibility index (Phi) is 6.05. The van der Waals surface area contributed by atoms with Crippen LogP contribution in [0.4, 0.5) is 0 Å². The second kappa shape index (κ2) is 8.03. The first-order chi connectivity index (χ1) is 10.2. The predicted octanol–water partition coefficient (Wildman–Crippen LogP) is 3.31. The molecule has 0 amide bonds. The fraction of sp³-hybridized carbons (Fsp3) is 0.294. The molecule has 0 atom stereocenters. The summed E-state index contributed by atoms with van der Waals surface area (Å²) in [6.45, 7) is 2.74. The van der Waals surface area contributed by atoms with E-state index in [4.69, 9.17) is 22.1 Å². The molecular formula is C17H21ClN2O. The minimum Gasteiger partial charge on any atom is -0.492 e. The predicted molar refractivity (Wildman–Crippen MR) is 87.6 cm³/mol. The third-order valence-electron chi connectivity index (χ3n) is 3.31. The number of ether oxygens (including phenoxy) is 1. The van der Waals surface area contributed by atoms with Gasteiger partial charge in [0.2, 0.25) is 0 Å². The molecule has 0 bridgehead atoms. The average Bonchev–Trinajstić information content (AvgIpc) is 2.48. The highest BCUT2D eigenvalue weighted by Gasteiger charge is 2.07. The Morgan fingerprint density at radius 1 is 1.10 bits per heavy atom. The van der Waals surface area contributed by atoms with Gasteiger partial charge in [0.1, 0.15) is 12.4 Å². The lowest BCUT2D eigenvalue weighted by Crippen LogP contribution is -2.24. The highest BCUT2D eigenvalue weighted by Crippen LogP contribution is 2.25. The van der Waals surface area contributed by atoms with Crippen molar-refractivity contribution >= 4 is 11.6 Å². The molecule has 0 aliphatic heterocycles. The van der Waals surface area contributed by atoms with E-state index in [1.807, 2.05) is 24.3 Å². The lowest BCUT2D eigenvalue weighted by Gasteiger charge is -2.18. The van der Waals surface area contributed by atoms with Gasteiger partial charge in [-0.2, -0.15) is 0 Å². The Morgan fingerprint density at radius 3 is 2.57 bits per heavy atom. The van der Waals surface area contributed by atoms with E-state index in [-0.39, 0.29) is 0 Å². The Morgan fingerprint density at radius 2 is 1.86 bits per heavy atom. The molecule has 0 aliphatic carbocycles. The van der Waals surface area contributed by atoms with Crippen LogP contribution < -0.4 is 10.5 Å². The molecule has 0 fully saturated rings. The molecule has 0 aromatic heterocycles. The summed E-state index contributed by atoms with van der Waals surface area (Å²) in [5.74, 6) is 0.776. The van der Waals surface area contributed by atoms with Gasteiger partial charge >= 0.3 is 0 Å². The van der Waals surface area contributed by atoms with Gasteiger partial charge in [0.05, 0.1) is 0 Å². The maximum Gasteiger partial charge on any atom is 0.125 e. The number of rotatable bonds is 7. The lowest BCUT2D eigenvalue weighted by atomic mass is 10.2. The van der Waals surface area contributed by atoms with E-state index in [1.165, 1.54) is 5.56 Å². The minimum absolute atomic E-state index is 0.384. The van der Waals surface area contributed by atoms with Crippen LogP contribution in [0, 0.1) is 0 Å². The van der Waals surface area contributed by atoms with Crippen LogP contribution in [0.2, 0.25) is 5.02 Å². The number of benzene rings is 2. The van der Waals surface area contributed by atoms with Crippen molar-refractivity contribution in [2.24, 2.45) is 5.73 Å². The molecule has 0 saturated carbocycles. The molecule has 0 unspecified atom stereocenters. The summed E-state index contributed by atoms with van der Waals surface area (Å²) >= 11 is 6.11. The number of hydrogen-bond donors (Lipinski definition) is 1. The van der Waals surface area contributed by atoms with Gasteiger partial charge in [0.15, 0.2) is 0 Å². The second-order valence-corrected chi connectivity index (χ2v) is 5.40. The summed E-state index contributed by atoms with van der Waals surface area (Å²) in [6.07, 6.45) is 0. The molecule has 0 aliphatic rings. The van der Waals surface area contributed by atoms with Gasteiger partial charge in [-0.25, -0.2) is 0 Å². The molecule has 112 valence electrons. The first-order valence-corrected chi connectivity index (χ1v) is 7.41. The molecule has 2 aromatic carbocycles. The summed E-state index contributed by atoms with van der Waals surface area (Å²) < 4.78 is 5.81. The zero-order chi connectivity index (χ0) is 15.1. The molecule has 4 heteroatoms. The number of nitrogens with two attached hydrogens (primary N) is 1. The average molecular weight is 305 g/mol. The molecular weight excluding hydrogens is 284 g/mol.